The fraction of sp³-hybridized carbons (Fsp3) is 0.300. The Hall–Kier alpha value is -1.56. The van der Waals surface area contributed by atoms with Gasteiger partial charge in [-0.1, -0.05) is 13.8 Å². The van der Waals surface area contributed by atoms with Gasteiger partial charge < -0.3 is 5.73 Å². The van der Waals surface area contributed by atoms with Gasteiger partial charge in [0, 0.05) is 11.3 Å². The quantitative estimate of drug-likeness (QED) is 0.624. The summed E-state index contributed by atoms with van der Waals surface area (Å²) in [5.41, 5.74) is 6.15. The van der Waals surface area contributed by atoms with Crippen molar-refractivity contribution in [3.63, 3.8) is 0 Å². The van der Waals surface area contributed by atoms with Gasteiger partial charge in [-0.15, -0.1) is 0 Å². The molecule has 0 amide bonds. The lowest BCUT2D eigenvalue weighted by atomic mass is 10.1. The van der Waals surface area contributed by atoms with Crippen LogP contribution in [0.15, 0.2) is 12.1 Å². The molecule has 0 aliphatic carbocycles. The Morgan fingerprint density at radius 2 is 1.92 bits per heavy atom. The van der Waals surface area contributed by atoms with E-state index in [0.29, 0.717) is 11.3 Å². The highest BCUT2D eigenvalue weighted by molar-refractivity contribution is 5.51. The molecule has 0 atom stereocenters. The first-order valence-electron chi connectivity index (χ1n) is 4.11. The summed E-state index contributed by atoms with van der Waals surface area (Å²) >= 11 is 0. The second-order valence-electron chi connectivity index (χ2n) is 2.25. The van der Waals surface area contributed by atoms with Crippen molar-refractivity contribution in [3.8, 4) is 6.07 Å². The van der Waals surface area contributed by atoms with Crippen LogP contribution >= 0.6 is 0 Å². The van der Waals surface area contributed by atoms with Gasteiger partial charge in [-0.05, 0) is 19.1 Å². The first-order chi connectivity index (χ1) is 6.16. The van der Waals surface area contributed by atoms with Gasteiger partial charge >= 0.3 is 0 Å². The molecular weight excluding hydrogens is 167 g/mol. The summed E-state index contributed by atoms with van der Waals surface area (Å²) in [7, 11) is 0. The molecule has 13 heavy (non-hydrogen) atoms. The van der Waals surface area contributed by atoms with Gasteiger partial charge in [0.1, 0.15) is 11.9 Å². The van der Waals surface area contributed by atoms with Crippen LogP contribution in [0.3, 0.4) is 0 Å². The van der Waals surface area contributed by atoms with E-state index in [9.17, 15) is 4.39 Å². The minimum atomic E-state index is -0.521. The Labute approximate surface area is 77.8 Å². The van der Waals surface area contributed by atoms with Crippen molar-refractivity contribution in [3.05, 3.63) is 29.1 Å². The third-order valence-electron chi connectivity index (χ3n) is 1.55. The molecule has 3 heteroatoms. The molecule has 0 radical (unpaired) electrons. The Morgan fingerprint density at radius 1 is 1.38 bits per heavy atom. The molecular formula is C10H13FN2. The fourth-order valence-corrected chi connectivity index (χ4v) is 0.786. The van der Waals surface area contributed by atoms with E-state index in [1.54, 1.807) is 13.0 Å². The predicted molar refractivity (Wildman–Crippen MR) is 51.6 cm³/mol. The number of halogens is 1. The van der Waals surface area contributed by atoms with Crippen molar-refractivity contribution in [2.24, 2.45) is 0 Å². The topological polar surface area (TPSA) is 49.8 Å². The first kappa shape index (κ1) is 11.4. The second-order valence-corrected chi connectivity index (χ2v) is 2.25. The van der Waals surface area contributed by atoms with E-state index in [2.05, 4.69) is 0 Å². The Bertz CT molecular complexity index is 326. The number of hydrogen-bond acceptors (Lipinski definition) is 2. The van der Waals surface area contributed by atoms with Crippen molar-refractivity contribution in [1.29, 1.82) is 5.26 Å². The van der Waals surface area contributed by atoms with E-state index in [4.69, 9.17) is 11.0 Å². The normalized spacial score (nSPS) is 8.23. The standard InChI is InChI=1S/C8H7FN2.C2H6/c1-5-7(11)3-2-6(4-10)8(5)9;1-2/h2-3H,11H2,1H3;1-2H3. The van der Waals surface area contributed by atoms with Gasteiger partial charge in [0.2, 0.25) is 0 Å². The molecule has 0 aromatic heterocycles. The molecule has 0 spiro atoms. The van der Waals surface area contributed by atoms with Gasteiger partial charge in [0.25, 0.3) is 0 Å². The molecule has 1 rings (SSSR count). The molecule has 0 saturated heterocycles. The number of nitriles is 1. The Balaban J connectivity index is 0.000000671. The van der Waals surface area contributed by atoms with Crippen LogP contribution in [-0.4, -0.2) is 0 Å². The van der Waals surface area contributed by atoms with E-state index < -0.39 is 5.82 Å². The Kier molecular flexibility index (Phi) is 4.53. The number of benzene rings is 1. The Morgan fingerprint density at radius 3 is 2.38 bits per heavy atom. The third kappa shape index (κ3) is 2.45. The van der Waals surface area contributed by atoms with Crippen molar-refractivity contribution in [2.45, 2.75) is 20.8 Å². The van der Waals surface area contributed by atoms with Gasteiger partial charge in [-0.25, -0.2) is 4.39 Å². The summed E-state index contributed by atoms with van der Waals surface area (Å²) in [6.07, 6.45) is 0. The van der Waals surface area contributed by atoms with E-state index in [1.165, 1.54) is 12.1 Å². The number of rotatable bonds is 0. The van der Waals surface area contributed by atoms with E-state index in [-0.39, 0.29) is 5.56 Å². The summed E-state index contributed by atoms with van der Waals surface area (Å²) in [5.74, 6) is -0.521. The SMILES string of the molecule is CC.Cc1c(N)ccc(C#N)c1F. The minimum absolute atomic E-state index is 0.0386. The zero-order valence-electron chi connectivity index (χ0n) is 8.06. The zero-order chi connectivity index (χ0) is 10.4. The van der Waals surface area contributed by atoms with E-state index in [0.717, 1.165) is 0 Å². The molecule has 0 aliphatic rings. The molecule has 2 N–H and O–H groups in total. The summed E-state index contributed by atoms with van der Waals surface area (Å²) in [4.78, 5) is 0. The number of nitrogens with zero attached hydrogens (tertiary/aromatic N) is 1. The van der Waals surface area contributed by atoms with Crippen LogP contribution in [0, 0.1) is 24.1 Å². The van der Waals surface area contributed by atoms with Gasteiger partial charge in [0.05, 0.1) is 5.56 Å². The summed E-state index contributed by atoms with van der Waals surface area (Å²) in [5, 5.41) is 8.40. The third-order valence-corrected chi connectivity index (χ3v) is 1.55. The maximum Gasteiger partial charge on any atom is 0.145 e. The number of nitrogens with two attached hydrogens (primary N) is 1. The highest BCUT2D eigenvalue weighted by Gasteiger charge is 2.05. The van der Waals surface area contributed by atoms with E-state index in [1.807, 2.05) is 13.8 Å². The van der Waals surface area contributed by atoms with Crippen molar-refractivity contribution >= 4 is 5.69 Å². The lowest BCUT2D eigenvalue weighted by molar-refractivity contribution is 0.615. The summed E-state index contributed by atoms with van der Waals surface area (Å²) < 4.78 is 13.0. The molecule has 2 nitrogen and oxygen atoms in total. The lowest BCUT2D eigenvalue weighted by Crippen LogP contribution is -1.95. The molecule has 0 fully saturated rings. The lowest BCUT2D eigenvalue weighted by Gasteiger charge is -2.00. The highest BCUT2D eigenvalue weighted by Crippen LogP contribution is 2.17. The smallest absolute Gasteiger partial charge is 0.145 e. The van der Waals surface area contributed by atoms with E-state index >= 15 is 0 Å². The molecule has 70 valence electrons. The van der Waals surface area contributed by atoms with Crippen LogP contribution in [0.2, 0.25) is 0 Å². The van der Waals surface area contributed by atoms with Crippen LogP contribution < -0.4 is 5.73 Å². The van der Waals surface area contributed by atoms with Crippen molar-refractivity contribution < 1.29 is 4.39 Å². The fourth-order valence-electron chi connectivity index (χ4n) is 0.786. The maximum absolute atomic E-state index is 13.0. The van der Waals surface area contributed by atoms with Crippen LogP contribution in [-0.2, 0) is 0 Å². The molecule has 0 aliphatic heterocycles. The van der Waals surface area contributed by atoms with Gasteiger partial charge in [0.15, 0.2) is 0 Å². The minimum Gasteiger partial charge on any atom is -0.398 e. The van der Waals surface area contributed by atoms with Crippen LogP contribution in [0.1, 0.15) is 25.0 Å². The number of hydrogen-bond donors (Lipinski definition) is 1. The highest BCUT2D eigenvalue weighted by atomic mass is 19.1. The average Bonchev–Trinajstić information content (AvgIpc) is 2.18. The van der Waals surface area contributed by atoms with Crippen molar-refractivity contribution in [1.82, 2.24) is 0 Å². The second kappa shape index (κ2) is 5.15. The molecule has 1 aromatic carbocycles. The molecule has 0 saturated carbocycles. The van der Waals surface area contributed by atoms with Gasteiger partial charge in [-0.2, -0.15) is 5.26 Å². The predicted octanol–water partition coefficient (Wildman–Crippen LogP) is 2.61. The molecule has 1 aromatic rings. The first-order valence-corrected chi connectivity index (χ1v) is 4.11. The largest absolute Gasteiger partial charge is 0.398 e. The molecule has 0 unspecified atom stereocenters. The van der Waals surface area contributed by atoms with Crippen molar-refractivity contribution in [2.75, 3.05) is 5.73 Å². The average molecular weight is 180 g/mol. The van der Waals surface area contributed by atoms with Crippen LogP contribution in [0.4, 0.5) is 10.1 Å². The maximum atomic E-state index is 13.0. The summed E-state index contributed by atoms with van der Waals surface area (Å²) in [6.45, 7) is 5.55. The van der Waals surface area contributed by atoms with Gasteiger partial charge in [-0.3, -0.25) is 0 Å². The summed E-state index contributed by atoms with van der Waals surface area (Å²) in [6, 6.07) is 4.63. The monoisotopic (exact) mass is 180 g/mol. The van der Waals surface area contributed by atoms with Crippen LogP contribution in [0.5, 0.6) is 0 Å². The number of nitrogen functional groups attached to an aromatic ring is 1. The number of anilines is 1. The zero-order valence-corrected chi connectivity index (χ0v) is 8.06. The van der Waals surface area contributed by atoms with Crippen LogP contribution in [0.25, 0.3) is 0 Å². The molecule has 0 heterocycles. The molecule has 0 bridgehead atoms.